The van der Waals surface area contributed by atoms with Crippen LogP contribution in [0.1, 0.15) is 57.8 Å². The van der Waals surface area contributed by atoms with Gasteiger partial charge in [-0.2, -0.15) is 0 Å². The molecule has 1 saturated heterocycles. The minimum atomic E-state index is -1.52. The van der Waals surface area contributed by atoms with Gasteiger partial charge in [-0.05, 0) is 19.3 Å². The average molecular weight is 502 g/mol. The van der Waals surface area contributed by atoms with E-state index in [1.165, 1.54) is 0 Å². The number of rotatable bonds is 14. The van der Waals surface area contributed by atoms with Crippen molar-refractivity contribution in [1.82, 2.24) is 21.0 Å². The van der Waals surface area contributed by atoms with Crippen LogP contribution in [-0.2, 0) is 33.6 Å². The molecule has 0 bridgehead atoms. The average Bonchev–Trinajstić information content (AvgIpc) is 3.06. The second-order valence-corrected chi connectivity index (χ2v) is 7.44. The van der Waals surface area contributed by atoms with Gasteiger partial charge in [0.25, 0.3) is 11.8 Å². The third kappa shape index (κ3) is 11.0. The lowest BCUT2D eigenvalue weighted by Gasteiger charge is -2.18. The van der Waals surface area contributed by atoms with E-state index >= 15 is 0 Å². The lowest BCUT2D eigenvalue weighted by atomic mass is 10.1. The third-order valence-electron chi connectivity index (χ3n) is 4.67. The first-order valence-corrected chi connectivity index (χ1v) is 10.5. The van der Waals surface area contributed by atoms with Crippen molar-refractivity contribution in [1.29, 1.82) is 0 Å². The van der Waals surface area contributed by atoms with Gasteiger partial charge in [-0.3, -0.25) is 24.5 Å². The minimum absolute atomic E-state index is 0.0571. The van der Waals surface area contributed by atoms with E-state index in [4.69, 9.17) is 10.2 Å². The second kappa shape index (κ2) is 14.1. The summed E-state index contributed by atoms with van der Waals surface area (Å²) in [4.78, 5) is 95.4. The SMILES string of the molecule is O=C(O)CCC(NC(=O)NC(CCCCCC(=O)NC(=O)ON1C(=O)CCC1=O)C(=O)O)C(=O)O. The molecule has 1 heterocycles. The molecule has 16 nitrogen and oxygen atoms in total. The summed E-state index contributed by atoms with van der Waals surface area (Å²) < 4.78 is 0. The molecule has 1 aliphatic heterocycles. The highest BCUT2D eigenvalue weighted by molar-refractivity contribution is 6.02. The summed E-state index contributed by atoms with van der Waals surface area (Å²) >= 11 is 0. The molecule has 0 aromatic heterocycles. The van der Waals surface area contributed by atoms with Crippen molar-refractivity contribution < 1.29 is 58.5 Å². The summed E-state index contributed by atoms with van der Waals surface area (Å²) in [5.74, 6) is -6.27. The van der Waals surface area contributed by atoms with E-state index in [1.54, 1.807) is 0 Å². The van der Waals surface area contributed by atoms with Crippen LogP contribution in [-0.4, -0.2) is 80.2 Å². The van der Waals surface area contributed by atoms with Crippen molar-refractivity contribution >= 4 is 47.8 Å². The largest absolute Gasteiger partial charge is 0.481 e. The van der Waals surface area contributed by atoms with Crippen LogP contribution in [0.3, 0.4) is 0 Å². The highest BCUT2D eigenvalue weighted by atomic mass is 16.7. The number of carbonyl (C=O) groups excluding carboxylic acids is 5. The Labute approximate surface area is 197 Å². The summed E-state index contributed by atoms with van der Waals surface area (Å²) in [6.45, 7) is 0. The van der Waals surface area contributed by atoms with Crippen molar-refractivity contribution in [3.8, 4) is 0 Å². The minimum Gasteiger partial charge on any atom is -0.481 e. The number of hydrogen-bond donors (Lipinski definition) is 6. The normalized spacial score (nSPS) is 14.6. The second-order valence-electron chi connectivity index (χ2n) is 7.44. The molecular formula is C19H26N4O12. The molecule has 6 N–H and O–H groups in total. The molecule has 6 amide bonds. The number of urea groups is 1. The van der Waals surface area contributed by atoms with Gasteiger partial charge in [-0.15, -0.1) is 5.06 Å². The van der Waals surface area contributed by atoms with Crippen molar-refractivity contribution in [2.45, 2.75) is 69.9 Å². The molecule has 1 rings (SSSR count). The number of nitrogens with zero attached hydrogens (tertiary/aromatic N) is 1. The van der Waals surface area contributed by atoms with Crippen molar-refractivity contribution in [3.05, 3.63) is 0 Å². The van der Waals surface area contributed by atoms with Gasteiger partial charge in [-0.25, -0.2) is 19.2 Å². The zero-order valence-corrected chi connectivity index (χ0v) is 18.5. The molecule has 0 saturated carbocycles. The zero-order valence-electron chi connectivity index (χ0n) is 18.5. The number of hydrogen-bond acceptors (Lipinski definition) is 9. The van der Waals surface area contributed by atoms with Gasteiger partial charge >= 0.3 is 30.0 Å². The summed E-state index contributed by atoms with van der Waals surface area (Å²) in [7, 11) is 0. The van der Waals surface area contributed by atoms with Gasteiger partial charge in [0.05, 0.1) is 0 Å². The van der Waals surface area contributed by atoms with Crippen molar-refractivity contribution in [2.24, 2.45) is 0 Å². The first kappa shape index (κ1) is 28.8. The zero-order chi connectivity index (χ0) is 26.5. The maximum atomic E-state index is 11.9. The van der Waals surface area contributed by atoms with E-state index < -0.39 is 72.7 Å². The third-order valence-corrected chi connectivity index (χ3v) is 4.67. The molecule has 0 aliphatic carbocycles. The Morgan fingerprint density at radius 3 is 1.86 bits per heavy atom. The quantitative estimate of drug-likeness (QED) is 0.128. The number of imide groups is 2. The Bertz CT molecular complexity index is 858. The maximum Gasteiger partial charge on any atom is 0.438 e. The number of hydroxylamine groups is 2. The number of nitrogens with one attached hydrogen (secondary N) is 3. The topological polar surface area (TPSA) is 246 Å². The van der Waals surface area contributed by atoms with E-state index in [9.17, 15) is 43.5 Å². The first-order chi connectivity index (χ1) is 16.4. The summed E-state index contributed by atoms with van der Waals surface area (Å²) in [6.07, 6.45) is -1.79. The van der Waals surface area contributed by atoms with Gasteiger partial charge < -0.3 is 30.8 Å². The van der Waals surface area contributed by atoms with Gasteiger partial charge in [0.15, 0.2) is 0 Å². The fourth-order valence-corrected chi connectivity index (χ4v) is 2.89. The molecule has 2 atom stereocenters. The van der Waals surface area contributed by atoms with Crippen LogP contribution < -0.4 is 16.0 Å². The summed E-state index contributed by atoms with van der Waals surface area (Å²) in [5.41, 5.74) is 0. The standard InChI is InChI=1S/C19H26N4O12/c24-12(22-19(34)35-23-13(25)7-8-14(23)26)5-3-1-2-4-10(16(29)30)20-18(33)21-11(17(31)32)6-9-15(27)28/h10-11H,1-9H2,(H,27,28)(H,29,30)(H,31,32)(H2,20,21,33)(H,22,24,34). The lowest BCUT2D eigenvalue weighted by molar-refractivity contribution is -0.172. The van der Waals surface area contributed by atoms with E-state index in [2.05, 4.69) is 10.2 Å². The predicted octanol–water partition coefficient (Wildman–Crippen LogP) is -0.676. The fraction of sp³-hybridized carbons (Fsp3) is 0.579. The Hall–Kier alpha value is -4.24. The van der Waals surface area contributed by atoms with Crippen LogP contribution in [0.4, 0.5) is 9.59 Å². The molecule has 0 radical (unpaired) electrons. The predicted molar refractivity (Wildman–Crippen MR) is 110 cm³/mol. The number of aliphatic carboxylic acids is 3. The maximum absolute atomic E-state index is 11.9. The van der Waals surface area contributed by atoms with E-state index in [1.807, 2.05) is 10.6 Å². The van der Waals surface area contributed by atoms with Crippen LogP contribution in [0.15, 0.2) is 0 Å². The molecular weight excluding hydrogens is 476 g/mol. The van der Waals surface area contributed by atoms with Gasteiger partial charge in [-0.1, -0.05) is 12.8 Å². The molecule has 0 aromatic rings. The van der Waals surface area contributed by atoms with Crippen LogP contribution in [0.5, 0.6) is 0 Å². The highest BCUT2D eigenvalue weighted by Crippen LogP contribution is 2.12. The summed E-state index contributed by atoms with van der Waals surface area (Å²) in [5, 5.41) is 33.1. The van der Waals surface area contributed by atoms with Gasteiger partial charge in [0, 0.05) is 25.7 Å². The molecule has 0 spiro atoms. The molecule has 2 unspecified atom stereocenters. The first-order valence-electron chi connectivity index (χ1n) is 10.5. The lowest BCUT2D eigenvalue weighted by Crippen LogP contribution is -2.51. The Balaban J connectivity index is 2.34. The summed E-state index contributed by atoms with van der Waals surface area (Å²) in [6, 6.07) is -3.99. The molecule has 1 fully saturated rings. The van der Waals surface area contributed by atoms with Crippen molar-refractivity contribution in [3.63, 3.8) is 0 Å². The molecule has 35 heavy (non-hydrogen) atoms. The molecule has 16 heteroatoms. The van der Waals surface area contributed by atoms with Gasteiger partial charge in [0.2, 0.25) is 5.91 Å². The van der Waals surface area contributed by atoms with E-state index in [-0.39, 0.29) is 43.6 Å². The van der Waals surface area contributed by atoms with Crippen LogP contribution in [0.25, 0.3) is 0 Å². The number of carboxylic acid groups (broad SMARTS) is 3. The van der Waals surface area contributed by atoms with E-state index in [0.717, 1.165) is 0 Å². The highest BCUT2D eigenvalue weighted by Gasteiger charge is 2.33. The molecule has 194 valence electrons. The van der Waals surface area contributed by atoms with Crippen molar-refractivity contribution in [2.75, 3.05) is 0 Å². The van der Waals surface area contributed by atoms with Crippen LogP contribution in [0.2, 0.25) is 0 Å². The monoisotopic (exact) mass is 502 g/mol. The number of carboxylic acids is 3. The molecule has 1 aliphatic rings. The Kier molecular flexibility index (Phi) is 11.6. The van der Waals surface area contributed by atoms with Crippen LogP contribution >= 0.6 is 0 Å². The number of carbonyl (C=O) groups is 8. The fourth-order valence-electron chi connectivity index (χ4n) is 2.89. The van der Waals surface area contributed by atoms with Crippen LogP contribution in [0, 0.1) is 0 Å². The Morgan fingerprint density at radius 2 is 1.34 bits per heavy atom. The number of amides is 6. The molecule has 0 aromatic carbocycles. The number of unbranched alkanes of at least 4 members (excludes halogenated alkanes) is 2. The smallest absolute Gasteiger partial charge is 0.438 e. The van der Waals surface area contributed by atoms with Gasteiger partial charge in [0.1, 0.15) is 12.1 Å². The Morgan fingerprint density at radius 1 is 0.800 bits per heavy atom. The van der Waals surface area contributed by atoms with E-state index in [0.29, 0.717) is 6.42 Å².